The van der Waals surface area contributed by atoms with E-state index in [4.69, 9.17) is 5.73 Å². The summed E-state index contributed by atoms with van der Waals surface area (Å²) in [7, 11) is 0. The van der Waals surface area contributed by atoms with Gasteiger partial charge in [-0.3, -0.25) is 4.79 Å². The van der Waals surface area contributed by atoms with Gasteiger partial charge < -0.3 is 10.6 Å². The van der Waals surface area contributed by atoms with Crippen molar-refractivity contribution in [3.63, 3.8) is 0 Å². The van der Waals surface area contributed by atoms with Gasteiger partial charge >= 0.3 is 0 Å². The first kappa shape index (κ1) is 11.8. The average molecular weight is 237 g/mol. The third-order valence-corrected chi connectivity index (χ3v) is 3.09. The molecular formula is C12H16FN3O. The second-order valence-electron chi connectivity index (χ2n) is 4.35. The van der Waals surface area contributed by atoms with Crippen LogP contribution in [0.15, 0.2) is 18.2 Å². The Bertz CT molecular complexity index is 404. The Morgan fingerprint density at radius 2 is 2.18 bits per heavy atom. The van der Waals surface area contributed by atoms with E-state index in [2.05, 4.69) is 4.98 Å². The van der Waals surface area contributed by atoms with E-state index in [1.807, 2.05) is 4.90 Å². The van der Waals surface area contributed by atoms with Crippen LogP contribution in [0.4, 0.5) is 10.2 Å². The lowest BCUT2D eigenvalue weighted by atomic mass is 10.2. The fraction of sp³-hybridized carbons (Fsp3) is 0.500. The van der Waals surface area contributed by atoms with Gasteiger partial charge in [-0.25, -0.2) is 4.98 Å². The van der Waals surface area contributed by atoms with Crippen molar-refractivity contribution in [1.29, 1.82) is 0 Å². The Kier molecular flexibility index (Phi) is 3.56. The first-order valence-electron chi connectivity index (χ1n) is 5.84. The van der Waals surface area contributed by atoms with E-state index in [9.17, 15) is 9.18 Å². The molecule has 0 bridgehead atoms. The number of carbonyl (C=O) groups is 1. The van der Waals surface area contributed by atoms with Crippen LogP contribution in [0.3, 0.4) is 0 Å². The van der Waals surface area contributed by atoms with Gasteiger partial charge in [-0.05, 0) is 25.0 Å². The Hall–Kier alpha value is -1.65. The highest BCUT2D eigenvalue weighted by atomic mass is 19.1. The fourth-order valence-corrected chi connectivity index (χ4v) is 2.34. The zero-order valence-corrected chi connectivity index (χ0v) is 9.60. The maximum atomic E-state index is 13.1. The standard InChI is InChI=1S/C12H16FN3O/c13-10-6-3-7-12(15-10)16(8-11(14)17)9-4-1-2-5-9/h3,6-7,9H,1-2,4-5,8H2,(H2,14,17). The molecule has 1 saturated carbocycles. The summed E-state index contributed by atoms with van der Waals surface area (Å²) in [6, 6.07) is 4.85. The lowest BCUT2D eigenvalue weighted by Gasteiger charge is -2.28. The predicted molar refractivity (Wildman–Crippen MR) is 63.0 cm³/mol. The topological polar surface area (TPSA) is 59.2 Å². The number of hydrogen-bond donors (Lipinski definition) is 1. The van der Waals surface area contributed by atoms with Gasteiger partial charge in [-0.2, -0.15) is 4.39 Å². The summed E-state index contributed by atoms with van der Waals surface area (Å²) >= 11 is 0. The Balaban J connectivity index is 2.22. The molecule has 17 heavy (non-hydrogen) atoms. The fourth-order valence-electron chi connectivity index (χ4n) is 2.34. The first-order chi connectivity index (χ1) is 8.16. The van der Waals surface area contributed by atoms with Crippen LogP contribution in [-0.4, -0.2) is 23.5 Å². The number of anilines is 1. The zero-order valence-electron chi connectivity index (χ0n) is 9.60. The molecule has 0 spiro atoms. The van der Waals surface area contributed by atoms with Gasteiger partial charge in [0.1, 0.15) is 5.82 Å². The predicted octanol–water partition coefficient (Wildman–Crippen LogP) is 1.46. The van der Waals surface area contributed by atoms with Gasteiger partial charge in [0.15, 0.2) is 0 Å². The lowest BCUT2D eigenvalue weighted by molar-refractivity contribution is -0.116. The molecule has 2 rings (SSSR count). The quantitative estimate of drug-likeness (QED) is 0.806. The molecular weight excluding hydrogens is 221 g/mol. The van der Waals surface area contributed by atoms with Crippen molar-refractivity contribution in [2.24, 2.45) is 5.73 Å². The van der Waals surface area contributed by atoms with Gasteiger partial charge in [0, 0.05) is 6.04 Å². The number of primary amides is 1. The number of amides is 1. The SMILES string of the molecule is NC(=O)CN(c1cccc(F)n1)C1CCCC1. The maximum Gasteiger partial charge on any atom is 0.237 e. The number of rotatable bonds is 4. The Labute approximate surface area is 99.6 Å². The molecule has 0 aromatic carbocycles. The van der Waals surface area contributed by atoms with E-state index in [0.717, 1.165) is 25.7 Å². The summed E-state index contributed by atoms with van der Waals surface area (Å²) in [6.45, 7) is 0.0983. The minimum atomic E-state index is -0.532. The highest BCUT2D eigenvalue weighted by Gasteiger charge is 2.25. The number of nitrogens with two attached hydrogens (primary N) is 1. The van der Waals surface area contributed by atoms with Gasteiger partial charge in [0.05, 0.1) is 6.54 Å². The van der Waals surface area contributed by atoms with Crippen LogP contribution in [0.25, 0.3) is 0 Å². The highest BCUT2D eigenvalue weighted by molar-refractivity contribution is 5.79. The number of nitrogens with zero attached hydrogens (tertiary/aromatic N) is 2. The first-order valence-corrected chi connectivity index (χ1v) is 5.84. The van der Waals surface area contributed by atoms with Gasteiger partial charge in [0.2, 0.25) is 11.9 Å². The second-order valence-corrected chi connectivity index (χ2v) is 4.35. The summed E-state index contributed by atoms with van der Waals surface area (Å²) in [5, 5.41) is 0. The number of hydrogen-bond acceptors (Lipinski definition) is 3. The molecule has 1 heterocycles. The number of aromatic nitrogens is 1. The van der Waals surface area contributed by atoms with Crippen LogP contribution in [0.1, 0.15) is 25.7 Å². The molecule has 1 aromatic rings. The monoisotopic (exact) mass is 237 g/mol. The summed E-state index contributed by atoms with van der Waals surface area (Å²) < 4.78 is 13.1. The van der Waals surface area contributed by atoms with Crippen LogP contribution in [0, 0.1) is 5.95 Å². The van der Waals surface area contributed by atoms with Crippen molar-refractivity contribution < 1.29 is 9.18 Å². The third kappa shape index (κ3) is 2.93. The number of pyridine rings is 1. The van der Waals surface area contributed by atoms with E-state index in [0.29, 0.717) is 5.82 Å². The largest absolute Gasteiger partial charge is 0.368 e. The number of halogens is 1. The van der Waals surface area contributed by atoms with E-state index in [-0.39, 0.29) is 12.6 Å². The van der Waals surface area contributed by atoms with Gasteiger partial charge in [0.25, 0.3) is 0 Å². The van der Waals surface area contributed by atoms with Crippen molar-refractivity contribution in [1.82, 2.24) is 4.98 Å². The lowest BCUT2D eigenvalue weighted by Crippen LogP contribution is -2.40. The van der Waals surface area contributed by atoms with E-state index < -0.39 is 11.9 Å². The normalized spacial score (nSPS) is 16.1. The van der Waals surface area contributed by atoms with Crippen LogP contribution >= 0.6 is 0 Å². The molecule has 4 nitrogen and oxygen atoms in total. The summed E-state index contributed by atoms with van der Waals surface area (Å²) in [4.78, 5) is 16.7. The summed E-state index contributed by atoms with van der Waals surface area (Å²) in [5.74, 6) is -0.450. The van der Waals surface area contributed by atoms with Crippen LogP contribution in [0.5, 0.6) is 0 Å². The van der Waals surface area contributed by atoms with Crippen molar-refractivity contribution in [2.45, 2.75) is 31.7 Å². The molecule has 1 fully saturated rings. The van der Waals surface area contributed by atoms with Crippen molar-refractivity contribution in [3.05, 3.63) is 24.1 Å². The van der Waals surface area contributed by atoms with Gasteiger partial charge in [-0.15, -0.1) is 0 Å². The van der Waals surface area contributed by atoms with Crippen molar-refractivity contribution >= 4 is 11.7 Å². The molecule has 1 aromatic heterocycles. The van der Waals surface area contributed by atoms with Crippen molar-refractivity contribution in [3.8, 4) is 0 Å². The minimum Gasteiger partial charge on any atom is -0.368 e. The van der Waals surface area contributed by atoms with Crippen LogP contribution in [-0.2, 0) is 4.79 Å². The Morgan fingerprint density at radius 1 is 1.47 bits per heavy atom. The molecule has 1 amide bonds. The minimum absolute atomic E-state index is 0.0983. The molecule has 92 valence electrons. The van der Waals surface area contributed by atoms with Crippen molar-refractivity contribution in [2.75, 3.05) is 11.4 Å². The summed E-state index contributed by atoms with van der Waals surface area (Å²) in [6.07, 6.45) is 4.28. The van der Waals surface area contributed by atoms with Crippen LogP contribution < -0.4 is 10.6 Å². The molecule has 0 atom stereocenters. The second kappa shape index (κ2) is 5.12. The molecule has 0 aliphatic heterocycles. The molecule has 2 N–H and O–H groups in total. The molecule has 1 aliphatic carbocycles. The Morgan fingerprint density at radius 3 is 2.76 bits per heavy atom. The molecule has 5 heteroatoms. The molecule has 0 unspecified atom stereocenters. The highest BCUT2D eigenvalue weighted by Crippen LogP contribution is 2.26. The molecule has 1 aliphatic rings. The van der Waals surface area contributed by atoms with E-state index >= 15 is 0 Å². The third-order valence-electron chi connectivity index (χ3n) is 3.09. The maximum absolute atomic E-state index is 13.1. The van der Waals surface area contributed by atoms with E-state index in [1.54, 1.807) is 12.1 Å². The molecule has 0 radical (unpaired) electrons. The average Bonchev–Trinajstić information content (AvgIpc) is 2.79. The molecule has 0 saturated heterocycles. The van der Waals surface area contributed by atoms with Gasteiger partial charge in [-0.1, -0.05) is 18.9 Å². The summed E-state index contributed by atoms with van der Waals surface area (Å²) in [5.41, 5.74) is 5.23. The smallest absolute Gasteiger partial charge is 0.237 e. The van der Waals surface area contributed by atoms with E-state index in [1.165, 1.54) is 6.07 Å². The number of carbonyl (C=O) groups excluding carboxylic acids is 1. The van der Waals surface area contributed by atoms with Crippen LogP contribution in [0.2, 0.25) is 0 Å². The zero-order chi connectivity index (χ0) is 12.3.